The van der Waals surface area contributed by atoms with Crippen LogP contribution in [-0.2, 0) is 0 Å². The van der Waals surface area contributed by atoms with E-state index in [1.54, 1.807) is 0 Å². The topological polar surface area (TPSA) is 49.3 Å². The number of nitrogens with one attached hydrogen (secondary N) is 1. The molecule has 0 saturated carbocycles. The maximum Gasteiger partial charge on any atom is 0.251 e. The van der Waals surface area contributed by atoms with Crippen molar-refractivity contribution in [2.75, 3.05) is 0 Å². The Kier molecular flexibility index (Phi) is 5.82. The summed E-state index contributed by atoms with van der Waals surface area (Å²) in [5.41, 5.74) is 3.55. The van der Waals surface area contributed by atoms with Gasteiger partial charge in [0.05, 0.1) is 12.1 Å². The van der Waals surface area contributed by atoms with E-state index in [1.807, 2.05) is 91.9 Å². The zero-order chi connectivity index (χ0) is 18.4. The van der Waals surface area contributed by atoms with Gasteiger partial charge in [0.25, 0.3) is 5.91 Å². The fourth-order valence-corrected chi connectivity index (χ4v) is 2.94. The average Bonchev–Trinajstić information content (AvgIpc) is 2.69. The standard InChI is InChI=1S/C23H23NO2/c1-17-12-14-20(15-13-17)23(26)24-21(18-8-4-2-5-9-18)16-22(25)19-10-6-3-7-11-19/h2-15,21-22,25H,16H2,1H3,(H,24,26)/t21-,22-/m1/s1. The van der Waals surface area contributed by atoms with Crippen LogP contribution in [0.15, 0.2) is 84.9 Å². The molecule has 26 heavy (non-hydrogen) atoms. The summed E-state index contributed by atoms with van der Waals surface area (Å²) in [4.78, 5) is 12.7. The van der Waals surface area contributed by atoms with E-state index in [4.69, 9.17) is 0 Å². The predicted octanol–water partition coefficient (Wildman–Crippen LogP) is 4.59. The van der Waals surface area contributed by atoms with Gasteiger partial charge in [-0.15, -0.1) is 0 Å². The zero-order valence-corrected chi connectivity index (χ0v) is 14.8. The number of carbonyl (C=O) groups excluding carboxylic acids is 1. The summed E-state index contributed by atoms with van der Waals surface area (Å²) in [6.45, 7) is 1.99. The molecule has 0 aliphatic rings. The molecule has 2 atom stereocenters. The Balaban J connectivity index is 1.79. The van der Waals surface area contributed by atoms with Crippen molar-refractivity contribution in [3.8, 4) is 0 Å². The molecule has 2 N–H and O–H groups in total. The lowest BCUT2D eigenvalue weighted by molar-refractivity contribution is 0.0909. The number of hydrogen-bond donors (Lipinski definition) is 2. The van der Waals surface area contributed by atoms with Crippen LogP contribution in [0, 0.1) is 6.92 Å². The lowest BCUT2D eigenvalue weighted by Crippen LogP contribution is -2.29. The number of aliphatic hydroxyl groups excluding tert-OH is 1. The summed E-state index contributed by atoms with van der Waals surface area (Å²) in [6.07, 6.45) is -0.245. The van der Waals surface area contributed by atoms with E-state index in [1.165, 1.54) is 0 Å². The highest BCUT2D eigenvalue weighted by atomic mass is 16.3. The van der Waals surface area contributed by atoms with Crippen LogP contribution in [0.3, 0.4) is 0 Å². The predicted molar refractivity (Wildman–Crippen MR) is 104 cm³/mol. The first-order valence-electron chi connectivity index (χ1n) is 8.79. The maximum atomic E-state index is 12.7. The minimum Gasteiger partial charge on any atom is -0.388 e. The molecule has 132 valence electrons. The van der Waals surface area contributed by atoms with Crippen molar-refractivity contribution in [3.05, 3.63) is 107 Å². The third-order valence-corrected chi connectivity index (χ3v) is 4.46. The van der Waals surface area contributed by atoms with Crippen LogP contribution in [0.4, 0.5) is 0 Å². The summed E-state index contributed by atoms with van der Waals surface area (Å²) in [5.74, 6) is -0.140. The minimum atomic E-state index is -0.653. The number of aliphatic hydroxyl groups is 1. The van der Waals surface area contributed by atoms with Gasteiger partial charge in [-0.1, -0.05) is 78.4 Å². The molecule has 0 heterocycles. The summed E-state index contributed by atoms with van der Waals surface area (Å²) in [5, 5.41) is 13.7. The minimum absolute atomic E-state index is 0.140. The van der Waals surface area contributed by atoms with E-state index in [2.05, 4.69) is 5.32 Å². The summed E-state index contributed by atoms with van der Waals surface area (Å²) >= 11 is 0. The molecule has 3 heteroatoms. The molecule has 0 saturated heterocycles. The molecule has 3 aromatic rings. The van der Waals surface area contributed by atoms with E-state index in [0.717, 1.165) is 16.7 Å². The zero-order valence-electron chi connectivity index (χ0n) is 14.8. The van der Waals surface area contributed by atoms with Gasteiger partial charge < -0.3 is 10.4 Å². The van der Waals surface area contributed by atoms with Gasteiger partial charge in [-0.05, 0) is 30.2 Å². The first-order valence-corrected chi connectivity index (χ1v) is 8.79. The molecule has 0 unspecified atom stereocenters. The van der Waals surface area contributed by atoms with Gasteiger partial charge in [-0.25, -0.2) is 0 Å². The Labute approximate surface area is 154 Å². The molecule has 0 aromatic heterocycles. The molecule has 3 rings (SSSR count). The quantitative estimate of drug-likeness (QED) is 0.686. The van der Waals surface area contributed by atoms with Crippen molar-refractivity contribution in [3.63, 3.8) is 0 Å². The van der Waals surface area contributed by atoms with E-state index >= 15 is 0 Å². The van der Waals surface area contributed by atoms with Crippen LogP contribution < -0.4 is 5.32 Å². The van der Waals surface area contributed by atoms with E-state index in [9.17, 15) is 9.90 Å². The molecule has 0 aliphatic carbocycles. The van der Waals surface area contributed by atoms with Crippen molar-refractivity contribution in [1.82, 2.24) is 5.32 Å². The van der Waals surface area contributed by atoms with Crippen LogP contribution in [0.1, 0.15) is 45.6 Å². The highest BCUT2D eigenvalue weighted by Crippen LogP contribution is 2.26. The maximum absolute atomic E-state index is 12.7. The van der Waals surface area contributed by atoms with Gasteiger partial charge in [0, 0.05) is 12.0 Å². The number of benzene rings is 3. The van der Waals surface area contributed by atoms with Crippen LogP contribution in [0.2, 0.25) is 0 Å². The first kappa shape index (κ1) is 17.9. The van der Waals surface area contributed by atoms with Gasteiger partial charge in [0.2, 0.25) is 0 Å². The van der Waals surface area contributed by atoms with Crippen molar-refractivity contribution in [1.29, 1.82) is 0 Å². The molecule has 3 nitrogen and oxygen atoms in total. The molecule has 1 amide bonds. The molecule has 0 fully saturated rings. The molecule has 0 radical (unpaired) electrons. The SMILES string of the molecule is Cc1ccc(C(=O)N[C@H](C[C@@H](O)c2ccccc2)c2ccccc2)cc1. The fourth-order valence-electron chi connectivity index (χ4n) is 2.94. The lowest BCUT2D eigenvalue weighted by atomic mass is 9.96. The van der Waals surface area contributed by atoms with Gasteiger partial charge >= 0.3 is 0 Å². The van der Waals surface area contributed by atoms with E-state index in [-0.39, 0.29) is 11.9 Å². The van der Waals surface area contributed by atoms with E-state index < -0.39 is 6.10 Å². The fraction of sp³-hybridized carbons (Fsp3) is 0.174. The second-order valence-corrected chi connectivity index (χ2v) is 6.46. The van der Waals surface area contributed by atoms with Crippen molar-refractivity contribution in [2.45, 2.75) is 25.5 Å². The Morgan fingerprint density at radius 2 is 1.38 bits per heavy atom. The van der Waals surface area contributed by atoms with Crippen molar-refractivity contribution >= 4 is 5.91 Å². The third kappa shape index (κ3) is 4.58. The third-order valence-electron chi connectivity index (χ3n) is 4.46. The van der Waals surface area contributed by atoms with Crippen LogP contribution in [0.5, 0.6) is 0 Å². The Bertz CT molecular complexity index is 829. The molecular weight excluding hydrogens is 322 g/mol. The highest BCUT2D eigenvalue weighted by Gasteiger charge is 2.20. The van der Waals surface area contributed by atoms with Gasteiger partial charge in [-0.2, -0.15) is 0 Å². The van der Waals surface area contributed by atoms with Crippen LogP contribution >= 0.6 is 0 Å². The first-order chi connectivity index (χ1) is 12.6. The number of rotatable bonds is 6. The molecule has 3 aromatic carbocycles. The van der Waals surface area contributed by atoms with Crippen molar-refractivity contribution in [2.24, 2.45) is 0 Å². The number of amides is 1. The highest BCUT2D eigenvalue weighted by molar-refractivity contribution is 5.94. The Morgan fingerprint density at radius 3 is 1.96 bits per heavy atom. The lowest BCUT2D eigenvalue weighted by Gasteiger charge is -2.22. The second-order valence-electron chi connectivity index (χ2n) is 6.46. The van der Waals surface area contributed by atoms with Gasteiger partial charge in [-0.3, -0.25) is 4.79 Å². The second kappa shape index (κ2) is 8.45. The number of carbonyl (C=O) groups is 1. The smallest absolute Gasteiger partial charge is 0.251 e. The van der Waals surface area contributed by atoms with Crippen LogP contribution in [-0.4, -0.2) is 11.0 Å². The van der Waals surface area contributed by atoms with E-state index in [0.29, 0.717) is 12.0 Å². The Hall–Kier alpha value is -2.91. The summed E-state index contributed by atoms with van der Waals surface area (Å²) in [7, 11) is 0. The molecule has 0 aliphatic heterocycles. The largest absolute Gasteiger partial charge is 0.388 e. The normalized spacial score (nSPS) is 13.0. The average molecular weight is 345 g/mol. The summed E-state index contributed by atoms with van der Waals surface area (Å²) < 4.78 is 0. The van der Waals surface area contributed by atoms with Crippen LogP contribution in [0.25, 0.3) is 0 Å². The molecule has 0 spiro atoms. The van der Waals surface area contributed by atoms with Gasteiger partial charge in [0.1, 0.15) is 0 Å². The number of aryl methyl sites for hydroxylation is 1. The molecular formula is C23H23NO2. The molecule has 0 bridgehead atoms. The number of hydrogen-bond acceptors (Lipinski definition) is 2. The van der Waals surface area contributed by atoms with Gasteiger partial charge in [0.15, 0.2) is 0 Å². The van der Waals surface area contributed by atoms with Crippen molar-refractivity contribution < 1.29 is 9.90 Å². The Morgan fingerprint density at radius 1 is 0.846 bits per heavy atom. The summed E-state index contributed by atoms with van der Waals surface area (Å²) in [6, 6.07) is 26.5. The monoisotopic (exact) mass is 345 g/mol.